The first kappa shape index (κ1) is 11.0. The summed E-state index contributed by atoms with van der Waals surface area (Å²) in [5, 5.41) is 18.6. The Bertz CT molecular complexity index is 447. The molecule has 0 saturated heterocycles. The average molecular weight is 228 g/mol. The summed E-state index contributed by atoms with van der Waals surface area (Å²) in [5.41, 5.74) is -1.86. The monoisotopic (exact) mass is 228 g/mol. The maximum atomic E-state index is 13.5. The van der Waals surface area contributed by atoms with Gasteiger partial charge in [-0.05, 0) is 30.0 Å². The van der Waals surface area contributed by atoms with Crippen molar-refractivity contribution in [2.45, 2.75) is 24.6 Å². The molecule has 0 saturated carbocycles. The number of rotatable bonds is 2. The first-order valence-electron chi connectivity index (χ1n) is 4.84. The maximum absolute atomic E-state index is 13.5. The van der Waals surface area contributed by atoms with Crippen LogP contribution in [0.4, 0.5) is 8.78 Å². The summed E-state index contributed by atoms with van der Waals surface area (Å²) >= 11 is 0. The smallest absolute Gasteiger partial charge is 0.341 e. The number of alkyl halides is 1. The van der Waals surface area contributed by atoms with Crippen LogP contribution in [0.15, 0.2) is 18.2 Å². The van der Waals surface area contributed by atoms with E-state index in [1.54, 1.807) is 0 Å². The molecule has 0 radical (unpaired) electrons. The number of carbonyl (C=O) groups is 1. The van der Waals surface area contributed by atoms with Crippen LogP contribution in [0.2, 0.25) is 0 Å². The van der Waals surface area contributed by atoms with Crippen LogP contribution in [0, 0.1) is 5.82 Å². The number of halogens is 2. The molecule has 2 unspecified atom stereocenters. The zero-order valence-corrected chi connectivity index (χ0v) is 8.28. The van der Waals surface area contributed by atoms with Crippen molar-refractivity contribution in [1.82, 2.24) is 0 Å². The second-order valence-electron chi connectivity index (χ2n) is 3.89. The molecular weight excluding hydrogens is 218 g/mol. The number of fused-ring (bicyclic) bond motifs is 1. The van der Waals surface area contributed by atoms with Gasteiger partial charge in [0, 0.05) is 0 Å². The summed E-state index contributed by atoms with van der Waals surface area (Å²) in [5.74, 6) is -2.27. The van der Waals surface area contributed by atoms with E-state index >= 15 is 0 Å². The second kappa shape index (κ2) is 3.52. The molecule has 0 amide bonds. The van der Waals surface area contributed by atoms with Gasteiger partial charge in [-0.2, -0.15) is 0 Å². The Hall–Kier alpha value is -1.49. The Morgan fingerprint density at radius 3 is 2.81 bits per heavy atom. The molecule has 1 aliphatic rings. The highest BCUT2D eigenvalue weighted by molar-refractivity contribution is 5.74. The first-order chi connectivity index (χ1) is 7.47. The zero-order chi connectivity index (χ0) is 11.9. The highest BCUT2D eigenvalue weighted by Gasteiger charge is 2.48. The number of carboxylic acids is 1. The lowest BCUT2D eigenvalue weighted by Crippen LogP contribution is -2.39. The molecule has 0 spiro atoms. The van der Waals surface area contributed by atoms with E-state index in [1.165, 1.54) is 18.2 Å². The predicted octanol–water partition coefficient (Wildman–Crippen LogP) is 1.38. The summed E-state index contributed by atoms with van der Waals surface area (Å²) in [6.07, 6.45) is -2.40. The third-order valence-corrected chi connectivity index (χ3v) is 2.98. The van der Waals surface area contributed by atoms with Gasteiger partial charge < -0.3 is 10.2 Å². The summed E-state index contributed by atoms with van der Waals surface area (Å²) < 4.78 is 26.8. The fourth-order valence-corrected chi connectivity index (χ4v) is 2.14. The summed E-state index contributed by atoms with van der Waals surface area (Å²) in [6, 6.07) is 3.90. The lowest BCUT2D eigenvalue weighted by molar-refractivity contribution is -0.155. The van der Waals surface area contributed by atoms with E-state index in [4.69, 9.17) is 5.11 Å². The molecule has 3 nitrogen and oxygen atoms in total. The number of aliphatic carboxylic acids is 1. The molecule has 0 fully saturated rings. The Morgan fingerprint density at radius 1 is 1.50 bits per heavy atom. The third-order valence-electron chi connectivity index (χ3n) is 2.98. The molecule has 5 heteroatoms. The molecule has 1 aromatic carbocycles. The van der Waals surface area contributed by atoms with Crippen LogP contribution >= 0.6 is 0 Å². The Morgan fingerprint density at radius 2 is 2.19 bits per heavy atom. The highest BCUT2D eigenvalue weighted by atomic mass is 19.1. The molecule has 0 aromatic heterocycles. The molecule has 0 aliphatic heterocycles. The van der Waals surface area contributed by atoms with Gasteiger partial charge in [0.1, 0.15) is 11.4 Å². The fourth-order valence-electron chi connectivity index (χ4n) is 2.14. The van der Waals surface area contributed by atoms with Crippen LogP contribution in [0.25, 0.3) is 0 Å². The molecule has 0 bridgehead atoms. The van der Waals surface area contributed by atoms with Crippen LogP contribution in [-0.2, 0) is 16.8 Å². The van der Waals surface area contributed by atoms with Crippen LogP contribution < -0.4 is 0 Å². The van der Waals surface area contributed by atoms with Crippen LogP contribution in [0.3, 0.4) is 0 Å². The van der Waals surface area contributed by atoms with Crippen molar-refractivity contribution in [3.05, 3.63) is 35.1 Å². The quantitative estimate of drug-likeness (QED) is 0.804. The van der Waals surface area contributed by atoms with E-state index in [0.717, 1.165) is 0 Å². The topological polar surface area (TPSA) is 57.5 Å². The molecule has 86 valence electrons. The average Bonchev–Trinajstić information content (AvgIpc) is 2.58. The van der Waals surface area contributed by atoms with Crippen molar-refractivity contribution in [3.63, 3.8) is 0 Å². The SMILES string of the molecule is O=C(O)C(F)C1(O)CCc2c(F)cccc21. The van der Waals surface area contributed by atoms with E-state index in [1.807, 2.05) is 0 Å². The van der Waals surface area contributed by atoms with Gasteiger partial charge in [0.25, 0.3) is 0 Å². The number of hydrogen-bond donors (Lipinski definition) is 2. The Kier molecular flexibility index (Phi) is 2.42. The largest absolute Gasteiger partial charge is 0.479 e. The van der Waals surface area contributed by atoms with Gasteiger partial charge in [0.15, 0.2) is 0 Å². The van der Waals surface area contributed by atoms with Crippen molar-refractivity contribution in [1.29, 1.82) is 0 Å². The van der Waals surface area contributed by atoms with Crippen molar-refractivity contribution < 1.29 is 23.8 Å². The normalized spacial score (nSPS) is 25.2. The molecule has 2 atom stereocenters. The number of aliphatic hydroxyl groups is 1. The van der Waals surface area contributed by atoms with Gasteiger partial charge in [0.2, 0.25) is 6.17 Å². The van der Waals surface area contributed by atoms with Crippen LogP contribution in [0.1, 0.15) is 17.5 Å². The van der Waals surface area contributed by atoms with Crippen LogP contribution in [0.5, 0.6) is 0 Å². The number of benzene rings is 1. The van der Waals surface area contributed by atoms with Crippen molar-refractivity contribution >= 4 is 5.97 Å². The summed E-state index contributed by atoms with van der Waals surface area (Å²) in [6.45, 7) is 0. The van der Waals surface area contributed by atoms with Crippen molar-refractivity contribution in [2.24, 2.45) is 0 Å². The van der Waals surface area contributed by atoms with Gasteiger partial charge in [-0.1, -0.05) is 12.1 Å². The fraction of sp³-hybridized carbons (Fsp3) is 0.364. The number of carboxylic acid groups (broad SMARTS) is 1. The van der Waals surface area contributed by atoms with E-state index in [-0.39, 0.29) is 24.0 Å². The van der Waals surface area contributed by atoms with Gasteiger partial charge >= 0.3 is 5.97 Å². The van der Waals surface area contributed by atoms with E-state index in [0.29, 0.717) is 0 Å². The molecule has 2 N–H and O–H groups in total. The molecule has 1 aromatic rings. The Labute approximate surface area is 90.3 Å². The number of hydrogen-bond acceptors (Lipinski definition) is 2. The second-order valence-corrected chi connectivity index (χ2v) is 3.89. The molecule has 0 heterocycles. The van der Waals surface area contributed by atoms with Crippen molar-refractivity contribution in [3.8, 4) is 0 Å². The first-order valence-corrected chi connectivity index (χ1v) is 4.84. The zero-order valence-electron chi connectivity index (χ0n) is 8.28. The molecule has 2 rings (SSSR count). The minimum absolute atomic E-state index is 0.0439. The van der Waals surface area contributed by atoms with E-state index in [9.17, 15) is 18.7 Å². The maximum Gasteiger partial charge on any atom is 0.341 e. The molecule has 1 aliphatic carbocycles. The predicted molar refractivity (Wildman–Crippen MR) is 51.1 cm³/mol. The lowest BCUT2D eigenvalue weighted by atomic mass is 9.91. The summed E-state index contributed by atoms with van der Waals surface area (Å²) in [7, 11) is 0. The standard InChI is InChI=1S/C11H10F2O3/c12-8-3-1-2-7-6(8)4-5-11(7,16)9(13)10(14)15/h1-3,9,16H,4-5H2,(H,14,15). The van der Waals surface area contributed by atoms with Gasteiger partial charge in [0.05, 0.1) is 0 Å². The lowest BCUT2D eigenvalue weighted by Gasteiger charge is -2.25. The van der Waals surface area contributed by atoms with Gasteiger partial charge in [-0.3, -0.25) is 0 Å². The van der Waals surface area contributed by atoms with Gasteiger partial charge in [-0.25, -0.2) is 13.6 Å². The van der Waals surface area contributed by atoms with Crippen LogP contribution in [-0.4, -0.2) is 22.4 Å². The van der Waals surface area contributed by atoms with E-state index in [2.05, 4.69) is 0 Å². The molecular formula is C11H10F2O3. The molecule has 16 heavy (non-hydrogen) atoms. The summed E-state index contributed by atoms with van der Waals surface area (Å²) in [4.78, 5) is 10.6. The Balaban J connectivity index is 2.50. The minimum Gasteiger partial charge on any atom is -0.479 e. The minimum atomic E-state index is -2.43. The third kappa shape index (κ3) is 1.39. The van der Waals surface area contributed by atoms with E-state index < -0.39 is 23.6 Å². The van der Waals surface area contributed by atoms with Gasteiger partial charge in [-0.15, -0.1) is 0 Å². The van der Waals surface area contributed by atoms with Crippen molar-refractivity contribution in [2.75, 3.05) is 0 Å². The highest BCUT2D eigenvalue weighted by Crippen LogP contribution is 2.41.